The number of carbonyl (C=O) groups is 1. The predicted molar refractivity (Wildman–Crippen MR) is 85.1 cm³/mol. The number of likely N-dealkylation sites (tertiary alicyclic amines) is 1. The number of hydrogen-bond donors (Lipinski definition) is 1. The summed E-state index contributed by atoms with van der Waals surface area (Å²) in [5.74, 6) is 0.851. The molecule has 22 heavy (non-hydrogen) atoms. The van der Waals surface area contributed by atoms with Crippen molar-refractivity contribution < 1.29 is 9.18 Å². The van der Waals surface area contributed by atoms with Gasteiger partial charge in [-0.05, 0) is 43.0 Å². The Bertz CT molecular complexity index is 516. The van der Waals surface area contributed by atoms with Crippen molar-refractivity contribution in [2.24, 2.45) is 5.92 Å². The summed E-state index contributed by atoms with van der Waals surface area (Å²) in [6.07, 6.45) is 4.36. The zero-order chi connectivity index (χ0) is 15.5. The quantitative estimate of drug-likeness (QED) is 0.927. The lowest BCUT2D eigenvalue weighted by Gasteiger charge is -2.40. The van der Waals surface area contributed by atoms with Gasteiger partial charge in [-0.25, -0.2) is 4.39 Å². The molecule has 2 aliphatic heterocycles. The molecule has 0 spiro atoms. The van der Waals surface area contributed by atoms with Crippen LogP contribution in [0.1, 0.15) is 44.1 Å². The number of hydrogen-bond acceptors (Lipinski definition) is 2. The molecule has 2 fully saturated rings. The van der Waals surface area contributed by atoms with Crippen LogP contribution in [0.2, 0.25) is 0 Å². The van der Waals surface area contributed by atoms with Crippen LogP contribution in [0.5, 0.6) is 0 Å². The largest absolute Gasteiger partial charge is 0.356 e. The van der Waals surface area contributed by atoms with E-state index in [-0.39, 0.29) is 11.7 Å². The summed E-state index contributed by atoms with van der Waals surface area (Å²) in [5, 5.41) is 2.97. The van der Waals surface area contributed by atoms with Crippen molar-refractivity contribution >= 4 is 5.91 Å². The van der Waals surface area contributed by atoms with E-state index in [0.717, 1.165) is 19.6 Å². The molecule has 3 rings (SSSR count). The van der Waals surface area contributed by atoms with Gasteiger partial charge in [0.1, 0.15) is 5.82 Å². The van der Waals surface area contributed by atoms with Crippen LogP contribution < -0.4 is 5.32 Å². The third-order valence-electron chi connectivity index (χ3n) is 5.16. The van der Waals surface area contributed by atoms with Gasteiger partial charge in [-0.3, -0.25) is 9.69 Å². The van der Waals surface area contributed by atoms with E-state index in [9.17, 15) is 9.18 Å². The Morgan fingerprint density at radius 1 is 1.32 bits per heavy atom. The molecule has 120 valence electrons. The van der Waals surface area contributed by atoms with Crippen LogP contribution in [0.3, 0.4) is 0 Å². The molecule has 0 saturated carbocycles. The second-order valence-electron chi connectivity index (χ2n) is 6.78. The molecule has 0 aliphatic carbocycles. The first kappa shape index (κ1) is 15.5. The lowest BCUT2D eigenvalue weighted by Crippen LogP contribution is -2.46. The zero-order valence-electron chi connectivity index (χ0n) is 13.2. The standard InChI is InChI=1S/C18H25FN2O/c1-13(14-5-7-16(19)8-6-14)12-21-9-3-2-4-17(21)15-10-18(22)20-11-15/h5-8,13,15,17H,2-4,9-12H2,1H3,(H,20,22)/t13-,15+,17-/m1/s1. The third kappa shape index (κ3) is 3.49. The van der Waals surface area contributed by atoms with Gasteiger partial charge in [-0.15, -0.1) is 0 Å². The van der Waals surface area contributed by atoms with Gasteiger partial charge in [0, 0.05) is 31.5 Å². The van der Waals surface area contributed by atoms with Gasteiger partial charge in [0.2, 0.25) is 5.91 Å². The number of amides is 1. The van der Waals surface area contributed by atoms with Crippen molar-refractivity contribution in [2.45, 2.75) is 44.6 Å². The summed E-state index contributed by atoms with van der Waals surface area (Å²) in [4.78, 5) is 14.1. The summed E-state index contributed by atoms with van der Waals surface area (Å²) < 4.78 is 13.1. The minimum atomic E-state index is -0.178. The van der Waals surface area contributed by atoms with Gasteiger partial charge < -0.3 is 5.32 Å². The smallest absolute Gasteiger partial charge is 0.220 e. The molecule has 1 aromatic rings. The first-order valence-corrected chi connectivity index (χ1v) is 8.39. The van der Waals surface area contributed by atoms with Gasteiger partial charge in [-0.1, -0.05) is 25.5 Å². The number of piperidine rings is 1. The Balaban J connectivity index is 1.65. The van der Waals surface area contributed by atoms with Gasteiger partial charge in [0.25, 0.3) is 0 Å². The average molecular weight is 304 g/mol. The summed E-state index contributed by atoms with van der Waals surface area (Å²) in [7, 11) is 0. The van der Waals surface area contributed by atoms with Crippen LogP contribution in [0.15, 0.2) is 24.3 Å². The van der Waals surface area contributed by atoms with Crippen LogP contribution in [0, 0.1) is 11.7 Å². The summed E-state index contributed by atoms with van der Waals surface area (Å²) in [5.41, 5.74) is 1.19. The fourth-order valence-electron chi connectivity index (χ4n) is 3.93. The number of carbonyl (C=O) groups excluding carboxylic acids is 1. The van der Waals surface area contributed by atoms with E-state index in [2.05, 4.69) is 17.1 Å². The summed E-state index contributed by atoms with van der Waals surface area (Å²) in [6, 6.07) is 7.37. The number of benzene rings is 1. The van der Waals surface area contributed by atoms with Crippen LogP contribution in [-0.2, 0) is 4.79 Å². The fraction of sp³-hybridized carbons (Fsp3) is 0.611. The SMILES string of the molecule is C[C@H](CN1CCCC[C@@H]1[C@@H]1CNC(=O)C1)c1ccc(F)cc1. The number of nitrogens with zero attached hydrogens (tertiary/aromatic N) is 1. The van der Waals surface area contributed by atoms with Crippen molar-refractivity contribution in [3.05, 3.63) is 35.6 Å². The zero-order valence-corrected chi connectivity index (χ0v) is 13.2. The summed E-state index contributed by atoms with van der Waals surface area (Å²) >= 11 is 0. The molecular weight excluding hydrogens is 279 g/mol. The maximum Gasteiger partial charge on any atom is 0.220 e. The third-order valence-corrected chi connectivity index (χ3v) is 5.16. The van der Waals surface area contributed by atoms with E-state index in [1.165, 1.54) is 24.8 Å². The minimum Gasteiger partial charge on any atom is -0.356 e. The first-order chi connectivity index (χ1) is 10.6. The lowest BCUT2D eigenvalue weighted by atomic mass is 9.88. The Morgan fingerprint density at radius 2 is 2.09 bits per heavy atom. The minimum absolute atomic E-state index is 0.178. The predicted octanol–water partition coefficient (Wildman–Crippen LogP) is 2.92. The monoisotopic (exact) mass is 304 g/mol. The first-order valence-electron chi connectivity index (χ1n) is 8.39. The Morgan fingerprint density at radius 3 is 2.77 bits per heavy atom. The van der Waals surface area contributed by atoms with E-state index in [4.69, 9.17) is 0 Å². The molecule has 2 aliphatic rings. The van der Waals surface area contributed by atoms with E-state index in [1.807, 2.05) is 12.1 Å². The highest BCUT2D eigenvalue weighted by atomic mass is 19.1. The molecule has 1 aromatic carbocycles. The molecule has 0 aromatic heterocycles. The fourth-order valence-corrected chi connectivity index (χ4v) is 3.93. The molecule has 3 nitrogen and oxygen atoms in total. The molecule has 1 N–H and O–H groups in total. The van der Waals surface area contributed by atoms with Gasteiger partial charge in [-0.2, -0.15) is 0 Å². The molecule has 0 unspecified atom stereocenters. The van der Waals surface area contributed by atoms with Crippen LogP contribution in [0.4, 0.5) is 4.39 Å². The lowest BCUT2D eigenvalue weighted by molar-refractivity contribution is -0.119. The maximum atomic E-state index is 13.1. The van der Waals surface area contributed by atoms with Gasteiger partial charge in [0.15, 0.2) is 0 Å². The maximum absolute atomic E-state index is 13.1. The molecule has 2 saturated heterocycles. The topological polar surface area (TPSA) is 32.3 Å². The number of rotatable bonds is 4. The highest BCUT2D eigenvalue weighted by Gasteiger charge is 2.34. The van der Waals surface area contributed by atoms with Crippen molar-refractivity contribution in [1.82, 2.24) is 10.2 Å². The number of halogens is 1. The second kappa shape index (κ2) is 6.78. The van der Waals surface area contributed by atoms with Crippen LogP contribution >= 0.6 is 0 Å². The summed E-state index contributed by atoms with van der Waals surface area (Å²) in [6.45, 7) is 5.13. The van der Waals surface area contributed by atoms with Gasteiger partial charge in [0.05, 0.1) is 0 Å². The van der Waals surface area contributed by atoms with Crippen molar-refractivity contribution in [3.63, 3.8) is 0 Å². The molecule has 3 atom stereocenters. The van der Waals surface area contributed by atoms with Crippen molar-refractivity contribution in [2.75, 3.05) is 19.6 Å². The van der Waals surface area contributed by atoms with Gasteiger partial charge >= 0.3 is 0 Å². The Labute approximate surface area is 131 Å². The Hall–Kier alpha value is -1.42. The molecule has 0 radical (unpaired) electrons. The second-order valence-corrected chi connectivity index (χ2v) is 6.78. The highest BCUT2D eigenvalue weighted by Crippen LogP contribution is 2.29. The van der Waals surface area contributed by atoms with Crippen LogP contribution in [-0.4, -0.2) is 36.5 Å². The van der Waals surface area contributed by atoms with Crippen molar-refractivity contribution in [3.8, 4) is 0 Å². The highest BCUT2D eigenvalue weighted by molar-refractivity contribution is 5.78. The van der Waals surface area contributed by atoms with Crippen LogP contribution in [0.25, 0.3) is 0 Å². The molecule has 0 bridgehead atoms. The number of nitrogens with one attached hydrogen (secondary N) is 1. The van der Waals surface area contributed by atoms with E-state index >= 15 is 0 Å². The van der Waals surface area contributed by atoms with E-state index in [0.29, 0.717) is 24.3 Å². The van der Waals surface area contributed by atoms with E-state index in [1.54, 1.807) is 12.1 Å². The normalized spacial score (nSPS) is 27.6. The van der Waals surface area contributed by atoms with Crippen molar-refractivity contribution in [1.29, 1.82) is 0 Å². The molecule has 4 heteroatoms. The molecule has 1 amide bonds. The molecule has 2 heterocycles. The van der Waals surface area contributed by atoms with E-state index < -0.39 is 0 Å². The average Bonchev–Trinajstić information content (AvgIpc) is 2.95. The Kier molecular flexibility index (Phi) is 4.77. The molecular formula is C18H25FN2O.